The summed E-state index contributed by atoms with van der Waals surface area (Å²) in [6.45, 7) is -3.76. The fraction of sp³-hybridized carbons (Fsp3) is 0.250. The second-order valence-electron chi connectivity index (χ2n) is 3.39. The Bertz CT molecular complexity index is 674. The summed E-state index contributed by atoms with van der Waals surface area (Å²) in [5.74, 6) is -1.72. The highest BCUT2D eigenvalue weighted by atomic mass is 35.7. The Morgan fingerprint density at radius 3 is 2.14 bits per heavy atom. The Labute approximate surface area is 117 Å². The third-order valence-electron chi connectivity index (χ3n) is 2.02. The Balaban J connectivity index is 3.82. The van der Waals surface area contributed by atoms with Gasteiger partial charge in [-0.1, -0.05) is 0 Å². The molecule has 6 nitrogen and oxygen atoms in total. The van der Waals surface area contributed by atoms with E-state index in [1.807, 2.05) is 0 Å². The van der Waals surface area contributed by atoms with Crippen LogP contribution in [-0.2, 0) is 15.2 Å². The molecular formula is C8H3ClF5NO5S. The molecule has 21 heavy (non-hydrogen) atoms. The van der Waals surface area contributed by atoms with E-state index in [9.17, 15) is 40.5 Å². The molecule has 0 amide bonds. The molecule has 0 unspecified atom stereocenters. The monoisotopic (exact) mass is 355 g/mol. The van der Waals surface area contributed by atoms with Crippen LogP contribution >= 0.6 is 10.7 Å². The Morgan fingerprint density at radius 2 is 1.81 bits per heavy atom. The number of nitro benzene ring substituents is 1. The minimum absolute atomic E-state index is 0.00346. The smallest absolute Gasteiger partial charge is 0.421 e. The number of benzene rings is 1. The van der Waals surface area contributed by atoms with Crippen LogP contribution in [0.1, 0.15) is 5.56 Å². The molecule has 118 valence electrons. The van der Waals surface area contributed by atoms with Crippen molar-refractivity contribution in [1.29, 1.82) is 0 Å². The van der Waals surface area contributed by atoms with Crippen LogP contribution in [-0.4, -0.2) is 20.0 Å². The topological polar surface area (TPSA) is 86.5 Å². The summed E-state index contributed by atoms with van der Waals surface area (Å²) >= 11 is 0. The van der Waals surface area contributed by atoms with Crippen molar-refractivity contribution < 1.29 is 40.0 Å². The van der Waals surface area contributed by atoms with E-state index in [4.69, 9.17) is 10.7 Å². The van der Waals surface area contributed by atoms with Crippen LogP contribution in [0.3, 0.4) is 0 Å². The normalized spacial score (nSPS) is 12.5. The average molecular weight is 356 g/mol. The highest BCUT2D eigenvalue weighted by molar-refractivity contribution is 8.13. The number of hydrogen-bond acceptors (Lipinski definition) is 5. The summed E-state index contributed by atoms with van der Waals surface area (Å²) in [5.41, 5.74) is -3.36. The first-order valence-corrected chi connectivity index (χ1v) is 6.94. The van der Waals surface area contributed by atoms with E-state index >= 15 is 0 Å². The van der Waals surface area contributed by atoms with Gasteiger partial charge < -0.3 is 4.74 Å². The second kappa shape index (κ2) is 5.60. The molecule has 0 saturated carbocycles. The minimum Gasteiger partial charge on any atom is -0.434 e. The molecule has 0 N–H and O–H groups in total. The van der Waals surface area contributed by atoms with E-state index < -0.39 is 48.7 Å². The zero-order valence-electron chi connectivity index (χ0n) is 9.40. The molecule has 0 bridgehead atoms. The summed E-state index contributed by atoms with van der Waals surface area (Å²) in [4.78, 5) is 7.49. The van der Waals surface area contributed by atoms with Crippen molar-refractivity contribution in [1.82, 2.24) is 0 Å². The maximum Gasteiger partial charge on any atom is 0.421 e. The molecular weight excluding hydrogens is 353 g/mol. The predicted octanol–water partition coefficient (Wildman–Crippen LogP) is 3.14. The molecule has 0 aliphatic rings. The highest BCUT2D eigenvalue weighted by Gasteiger charge is 2.42. The predicted molar refractivity (Wildman–Crippen MR) is 57.8 cm³/mol. The summed E-state index contributed by atoms with van der Waals surface area (Å²) in [6, 6.07) is 0.0318. The van der Waals surface area contributed by atoms with Crippen molar-refractivity contribution in [3.63, 3.8) is 0 Å². The molecule has 0 atom stereocenters. The van der Waals surface area contributed by atoms with E-state index in [1.54, 1.807) is 0 Å². The molecule has 0 fully saturated rings. The Morgan fingerprint density at radius 1 is 1.29 bits per heavy atom. The van der Waals surface area contributed by atoms with Gasteiger partial charge in [0.25, 0.3) is 14.7 Å². The first-order chi connectivity index (χ1) is 9.34. The van der Waals surface area contributed by atoms with Crippen LogP contribution in [0.25, 0.3) is 0 Å². The SMILES string of the molecule is O=[N+]([O-])c1cc(OC(F)F)c(C(F)(F)F)c(S(=O)(=O)Cl)c1. The third-order valence-corrected chi connectivity index (χ3v) is 3.37. The maximum absolute atomic E-state index is 12.8. The average Bonchev–Trinajstić information content (AvgIpc) is 2.23. The molecule has 1 aromatic rings. The van der Waals surface area contributed by atoms with Gasteiger partial charge in [-0.15, -0.1) is 0 Å². The van der Waals surface area contributed by atoms with Gasteiger partial charge in [0.05, 0.1) is 11.0 Å². The van der Waals surface area contributed by atoms with Gasteiger partial charge in [0, 0.05) is 16.7 Å². The van der Waals surface area contributed by atoms with Crippen molar-refractivity contribution in [2.24, 2.45) is 0 Å². The summed E-state index contributed by atoms with van der Waals surface area (Å²) < 4.78 is 88.4. The zero-order valence-corrected chi connectivity index (χ0v) is 11.0. The maximum atomic E-state index is 12.8. The van der Waals surface area contributed by atoms with Crippen molar-refractivity contribution in [2.75, 3.05) is 0 Å². The molecule has 0 aliphatic heterocycles. The number of rotatable bonds is 4. The summed E-state index contributed by atoms with van der Waals surface area (Å²) in [5, 5.41) is 10.5. The molecule has 1 rings (SSSR count). The largest absolute Gasteiger partial charge is 0.434 e. The van der Waals surface area contributed by atoms with Crippen LogP contribution in [0.4, 0.5) is 27.6 Å². The molecule has 0 radical (unpaired) electrons. The summed E-state index contributed by atoms with van der Waals surface area (Å²) in [7, 11) is -0.347. The van der Waals surface area contributed by atoms with Gasteiger partial charge in [-0.2, -0.15) is 22.0 Å². The quantitative estimate of drug-likeness (QED) is 0.358. The second-order valence-corrected chi connectivity index (χ2v) is 5.92. The van der Waals surface area contributed by atoms with Crippen LogP contribution in [0.15, 0.2) is 17.0 Å². The van der Waals surface area contributed by atoms with Crippen LogP contribution < -0.4 is 4.74 Å². The minimum atomic E-state index is -5.45. The number of non-ortho nitro benzene ring substituents is 1. The molecule has 13 heteroatoms. The lowest BCUT2D eigenvalue weighted by Gasteiger charge is -2.15. The zero-order chi connectivity index (χ0) is 16.6. The third kappa shape index (κ3) is 4.14. The first kappa shape index (κ1) is 17.4. The van der Waals surface area contributed by atoms with Gasteiger partial charge in [-0.25, -0.2) is 8.42 Å². The highest BCUT2D eigenvalue weighted by Crippen LogP contribution is 2.44. The molecule has 0 spiro atoms. The standard InChI is InChI=1S/C8H3ClF5NO5S/c9-21(18,19)5-2-3(15(16)17)1-4(20-7(10)11)6(5)8(12,13)14/h1-2,7H. The van der Waals surface area contributed by atoms with E-state index in [0.29, 0.717) is 0 Å². The van der Waals surface area contributed by atoms with E-state index in [1.165, 1.54) is 0 Å². The Kier molecular flexibility index (Phi) is 4.63. The lowest BCUT2D eigenvalue weighted by atomic mass is 10.1. The lowest BCUT2D eigenvalue weighted by molar-refractivity contribution is -0.385. The summed E-state index contributed by atoms with van der Waals surface area (Å²) in [6.07, 6.45) is -5.45. The van der Waals surface area contributed by atoms with Gasteiger partial charge in [0.2, 0.25) is 0 Å². The molecule has 0 aliphatic carbocycles. The Hall–Kier alpha value is -1.69. The van der Waals surface area contributed by atoms with Gasteiger partial charge >= 0.3 is 12.8 Å². The number of ether oxygens (including phenoxy) is 1. The van der Waals surface area contributed by atoms with Crippen LogP contribution in [0.2, 0.25) is 0 Å². The number of alkyl halides is 5. The van der Waals surface area contributed by atoms with Crippen LogP contribution in [0, 0.1) is 10.1 Å². The van der Waals surface area contributed by atoms with Gasteiger partial charge in [-0.05, 0) is 0 Å². The van der Waals surface area contributed by atoms with E-state index in [0.717, 1.165) is 0 Å². The van der Waals surface area contributed by atoms with E-state index in [2.05, 4.69) is 4.74 Å². The van der Waals surface area contributed by atoms with Gasteiger partial charge in [0.15, 0.2) is 0 Å². The van der Waals surface area contributed by atoms with Gasteiger partial charge in [0.1, 0.15) is 16.2 Å². The lowest BCUT2D eigenvalue weighted by Crippen LogP contribution is -2.16. The number of nitro groups is 1. The fourth-order valence-corrected chi connectivity index (χ4v) is 2.43. The number of hydrogen-bond donors (Lipinski definition) is 0. The molecule has 0 heterocycles. The molecule has 0 aromatic heterocycles. The van der Waals surface area contributed by atoms with E-state index in [-0.39, 0.29) is 12.1 Å². The van der Waals surface area contributed by atoms with Crippen molar-refractivity contribution >= 4 is 25.4 Å². The van der Waals surface area contributed by atoms with Crippen molar-refractivity contribution in [3.05, 3.63) is 27.8 Å². The van der Waals surface area contributed by atoms with Gasteiger partial charge in [-0.3, -0.25) is 10.1 Å². The number of halogens is 6. The molecule has 0 saturated heterocycles. The van der Waals surface area contributed by atoms with Crippen LogP contribution in [0.5, 0.6) is 5.75 Å². The first-order valence-electron chi connectivity index (χ1n) is 4.63. The molecule has 1 aromatic carbocycles. The van der Waals surface area contributed by atoms with Crippen molar-refractivity contribution in [2.45, 2.75) is 17.7 Å². The van der Waals surface area contributed by atoms with Crippen molar-refractivity contribution in [3.8, 4) is 5.75 Å². The fourth-order valence-electron chi connectivity index (χ4n) is 1.34. The number of nitrogens with zero attached hydrogens (tertiary/aromatic N) is 1.